The summed E-state index contributed by atoms with van der Waals surface area (Å²) in [7, 11) is -2.16. The Kier molecular flexibility index (Phi) is 8.13. The number of nitrogens with one attached hydrogen (secondary N) is 1. The standard InChI is InChI=1S/C18H30FNO4SSi/c1-18(2,3)26(5,6)24-14(11-20-17(22)23)10-16(21)12-7-13(19)9-15(8-12)25-4/h7-9,14,16,20-21H,10-11H2,1-6H3,(H,22,23). The van der Waals surface area contributed by atoms with Crippen LogP contribution < -0.4 is 5.32 Å². The fourth-order valence-corrected chi connectivity index (χ4v) is 4.10. The molecule has 3 N–H and O–H groups in total. The zero-order valence-corrected chi connectivity index (χ0v) is 18.1. The summed E-state index contributed by atoms with van der Waals surface area (Å²) >= 11 is 1.40. The van der Waals surface area contributed by atoms with Gasteiger partial charge in [-0.2, -0.15) is 0 Å². The molecule has 0 aliphatic heterocycles. The van der Waals surface area contributed by atoms with Crippen molar-refractivity contribution >= 4 is 26.2 Å². The summed E-state index contributed by atoms with van der Waals surface area (Å²) in [6.07, 6.45) is -0.557. The van der Waals surface area contributed by atoms with E-state index in [1.165, 1.54) is 23.9 Å². The summed E-state index contributed by atoms with van der Waals surface area (Å²) in [5.41, 5.74) is 0.466. The van der Waals surface area contributed by atoms with Crippen molar-refractivity contribution in [3.63, 3.8) is 0 Å². The molecule has 0 bridgehead atoms. The maximum Gasteiger partial charge on any atom is 0.404 e. The molecule has 0 saturated carbocycles. The van der Waals surface area contributed by atoms with Gasteiger partial charge in [-0.3, -0.25) is 0 Å². The van der Waals surface area contributed by atoms with Gasteiger partial charge in [0.15, 0.2) is 8.32 Å². The first-order valence-electron chi connectivity index (χ1n) is 8.53. The summed E-state index contributed by atoms with van der Waals surface area (Å²) in [6, 6.07) is 4.46. The van der Waals surface area contributed by atoms with E-state index in [1.807, 2.05) is 6.26 Å². The van der Waals surface area contributed by atoms with Gasteiger partial charge in [0.05, 0.1) is 12.2 Å². The largest absolute Gasteiger partial charge is 0.465 e. The van der Waals surface area contributed by atoms with E-state index in [2.05, 4.69) is 39.2 Å². The second-order valence-corrected chi connectivity index (χ2v) is 13.5. The van der Waals surface area contributed by atoms with E-state index in [1.54, 1.807) is 6.07 Å². The summed E-state index contributed by atoms with van der Waals surface area (Å²) < 4.78 is 20.0. The van der Waals surface area contributed by atoms with Crippen molar-refractivity contribution in [2.24, 2.45) is 0 Å². The van der Waals surface area contributed by atoms with E-state index in [0.29, 0.717) is 5.56 Å². The highest BCUT2D eigenvalue weighted by Gasteiger charge is 2.39. The van der Waals surface area contributed by atoms with Crippen LogP contribution in [0.2, 0.25) is 18.1 Å². The fraction of sp³-hybridized carbons (Fsp3) is 0.611. The minimum atomic E-state index is -2.16. The Morgan fingerprint density at radius 2 is 1.96 bits per heavy atom. The molecule has 1 amide bonds. The molecule has 1 aromatic rings. The van der Waals surface area contributed by atoms with Crippen molar-refractivity contribution in [2.75, 3.05) is 12.8 Å². The Hall–Kier alpha value is -1.09. The lowest BCUT2D eigenvalue weighted by molar-refractivity contribution is 0.0845. The number of rotatable bonds is 8. The first-order valence-corrected chi connectivity index (χ1v) is 12.7. The van der Waals surface area contributed by atoms with Crippen LogP contribution in [0.1, 0.15) is 38.9 Å². The molecule has 0 fully saturated rings. The van der Waals surface area contributed by atoms with Gasteiger partial charge < -0.3 is 20.0 Å². The molecule has 0 radical (unpaired) electrons. The van der Waals surface area contributed by atoms with Gasteiger partial charge in [-0.05, 0) is 48.2 Å². The van der Waals surface area contributed by atoms with Crippen molar-refractivity contribution < 1.29 is 23.8 Å². The summed E-state index contributed by atoms with van der Waals surface area (Å²) in [5.74, 6) is -0.406. The van der Waals surface area contributed by atoms with Crippen molar-refractivity contribution in [3.05, 3.63) is 29.6 Å². The molecular formula is C18H30FNO4SSi. The number of hydrogen-bond acceptors (Lipinski definition) is 4. The monoisotopic (exact) mass is 403 g/mol. The first-order chi connectivity index (χ1) is 11.9. The number of hydrogen-bond donors (Lipinski definition) is 3. The van der Waals surface area contributed by atoms with Gasteiger partial charge in [-0.25, -0.2) is 9.18 Å². The third kappa shape index (κ3) is 6.90. The van der Waals surface area contributed by atoms with E-state index in [4.69, 9.17) is 9.53 Å². The number of halogens is 1. The van der Waals surface area contributed by atoms with Gasteiger partial charge in [-0.15, -0.1) is 11.8 Å². The molecule has 1 rings (SSSR count). The highest BCUT2D eigenvalue weighted by atomic mass is 32.2. The first kappa shape index (κ1) is 22.9. The molecule has 0 aliphatic rings. The molecule has 0 heterocycles. The fourth-order valence-electron chi connectivity index (χ4n) is 2.25. The van der Waals surface area contributed by atoms with E-state index in [9.17, 15) is 14.3 Å². The number of benzene rings is 1. The predicted octanol–water partition coefficient (Wildman–Crippen LogP) is 4.63. The van der Waals surface area contributed by atoms with Gasteiger partial charge in [0, 0.05) is 17.9 Å². The van der Waals surface area contributed by atoms with Gasteiger partial charge in [-0.1, -0.05) is 20.8 Å². The van der Waals surface area contributed by atoms with Gasteiger partial charge >= 0.3 is 6.09 Å². The maximum atomic E-state index is 13.8. The molecule has 2 unspecified atom stereocenters. The van der Waals surface area contributed by atoms with Gasteiger partial charge in [0.2, 0.25) is 0 Å². The minimum absolute atomic E-state index is 0.0513. The molecule has 8 heteroatoms. The maximum absolute atomic E-state index is 13.8. The van der Waals surface area contributed by atoms with Crippen molar-refractivity contribution in [3.8, 4) is 0 Å². The van der Waals surface area contributed by atoms with Gasteiger partial charge in [0.25, 0.3) is 0 Å². The van der Waals surface area contributed by atoms with E-state index in [0.717, 1.165) is 4.90 Å². The van der Waals surface area contributed by atoms with Crippen LogP contribution in [0.15, 0.2) is 23.1 Å². The van der Waals surface area contributed by atoms with Crippen LogP contribution in [-0.4, -0.2) is 43.5 Å². The SMILES string of the molecule is CSc1cc(F)cc(C(O)CC(CNC(=O)O)O[Si](C)(C)C(C)(C)C)c1. The summed E-state index contributed by atoms with van der Waals surface area (Å²) in [5, 5.41) is 21.8. The second-order valence-electron chi connectivity index (χ2n) is 7.86. The molecule has 5 nitrogen and oxygen atoms in total. The van der Waals surface area contributed by atoms with Crippen molar-refractivity contribution in [2.45, 2.75) is 62.4 Å². The van der Waals surface area contributed by atoms with Crippen LogP contribution in [0.5, 0.6) is 0 Å². The molecule has 0 spiro atoms. The molecule has 26 heavy (non-hydrogen) atoms. The number of amides is 1. The quantitative estimate of drug-likeness (QED) is 0.436. The average molecular weight is 404 g/mol. The molecule has 2 atom stereocenters. The van der Waals surface area contributed by atoms with Gasteiger partial charge in [0.1, 0.15) is 5.82 Å². The molecule has 0 saturated heterocycles. The van der Waals surface area contributed by atoms with Crippen LogP contribution >= 0.6 is 11.8 Å². The van der Waals surface area contributed by atoms with E-state index < -0.39 is 32.4 Å². The third-order valence-corrected chi connectivity index (χ3v) is 9.99. The number of thioether (sulfide) groups is 1. The van der Waals surface area contributed by atoms with Crippen LogP contribution in [0.25, 0.3) is 0 Å². The van der Waals surface area contributed by atoms with Crippen molar-refractivity contribution in [1.29, 1.82) is 0 Å². The Bertz CT molecular complexity index is 622. The Balaban J connectivity index is 2.97. The van der Waals surface area contributed by atoms with Crippen LogP contribution in [0, 0.1) is 5.82 Å². The lowest BCUT2D eigenvalue weighted by Crippen LogP contribution is -2.47. The molecule has 0 aliphatic carbocycles. The molecule has 148 valence electrons. The smallest absolute Gasteiger partial charge is 0.404 e. The van der Waals surface area contributed by atoms with E-state index >= 15 is 0 Å². The average Bonchev–Trinajstić information content (AvgIpc) is 2.50. The number of carboxylic acid groups (broad SMARTS) is 1. The topological polar surface area (TPSA) is 78.8 Å². The van der Waals surface area contributed by atoms with Crippen LogP contribution in [0.3, 0.4) is 0 Å². The van der Waals surface area contributed by atoms with Crippen LogP contribution in [-0.2, 0) is 4.43 Å². The molecule has 0 aromatic heterocycles. The zero-order chi connectivity index (χ0) is 20.1. The number of carbonyl (C=O) groups is 1. The zero-order valence-electron chi connectivity index (χ0n) is 16.3. The molecule has 1 aromatic carbocycles. The number of aliphatic hydroxyl groups is 1. The Labute approximate surface area is 160 Å². The predicted molar refractivity (Wildman–Crippen MR) is 106 cm³/mol. The van der Waals surface area contributed by atoms with E-state index in [-0.39, 0.29) is 18.0 Å². The highest BCUT2D eigenvalue weighted by Crippen LogP contribution is 2.38. The third-order valence-electron chi connectivity index (χ3n) is 4.75. The van der Waals surface area contributed by atoms with Crippen molar-refractivity contribution in [1.82, 2.24) is 5.32 Å². The van der Waals surface area contributed by atoms with Crippen LogP contribution in [0.4, 0.5) is 9.18 Å². The number of aliphatic hydroxyl groups excluding tert-OH is 1. The minimum Gasteiger partial charge on any atom is -0.465 e. The Morgan fingerprint density at radius 3 is 2.46 bits per heavy atom. The Morgan fingerprint density at radius 1 is 1.35 bits per heavy atom. The summed E-state index contributed by atoms with van der Waals surface area (Å²) in [4.78, 5) is 11.6. The molecular weight excluding hydrogens is 373 g/mol. The normalized spacial score (nSPS) is 14.8. The lowest BCUT2D eigenvalue weighted by Gasteiger charge is -2.39. The summed E-state index contributed by atoms with van der Waals surface area (Å²) in [6.45, 7) is 10.5. The highest BCUT2D eigenvalue weighted by molar-refractivity contribution is 7.98. The second kappa shape index (κ2) is 9.21. The lowest BCUT2D eigenvalue weighted by atomic mass is 10.0.